The molecule has 2 N–H and O–H groups in total. The van der Waals surface area contributed by atoms with Gasteiger partial charge in [-0.25, -0.2) is 0 Å². The third kappa shape index (κ3) is 48.3. The zero-order chi connectivity index (χ0) is 39.5. The molecule has 10 nitrogen and oxygen atoms in total. The van der Waals surface area contributed by atoms with E-state index in [2.05, 4.69) is 0 Å². The molecule has 0 unspecified atom stereocenters. The van der Waals surface area contributed by atoms with E-state index < -0.39 is 31.3 Å². The monoisotopic (exact) mass is 1080 g/mol. The van der Waals surface area contributed by atoms with Crippen LogP contribution in [0.15, 0.2) is 0 Å². The Bertz CT molecular complexity index is 802. The molecule has 0 bridgehead atoms. The zero-order valence-corrected chi connectivity index (χ0v) is 37.8. The topological polar surface area (TPSA) is 146 Å². The smallest absolute Gasteiger partial charge is 0.381 e. The summed E-state index contributed by atoms with van der Waals surface area (Å²) in [5, 5.41) is 0. The molecule has 16 radical (unpaired) electrons. The van der Waals surface area contributed by atoms with E-state index in [-0.39, 0.29) is 81.7 Å². The van der Waals surface area contributed by atoms with E-state index in [0.717, 1.165) is 52.9 Å². The number of hydrogen-bond acceptors (Lipinski definition) is 8. The summed E-state index contributed by atoms with van der Waals surface area (Å²) in [4.78, 5) is 0. The van der Waals surface area contributed by atoms with Crippen molar-refractivity contribution < 1.29 is 153 Å². The Hall–Kier alpha value is 1.94. The van der Waals surface area contributed by atoms with Gasteiger partial charge in [-0.2, -0.15) is 43.2 Å². The summed E-state index contributed by atoms with van der Waals surface area (Å²) in [5.74, 6) is 0. The van der Waals surface area contributed by atoms with Crippen LogP contribution in [-0.2, 0) is 39.2 Å². The predicted molar refractivity (Wildman–Crippen MR) is 184 cm³/mol. The van der Waals surface area contributed by atoms with E-state index in [4.69, 9.17) is 44.9 Å². The first kappa shape index (κ1) is 62.6. The molecule has 20 heteroatoms. The van der Waals surface area contributed by atoms with Crippen LogP contribution in [-0.4, -0.2) is 89.8 Å². The average molecular weight is 1090 g/mol. The van der Waals surface area contributed by atoms with Crippen molar-refractivity contribution in [1.29, 1.82) is 0 Å². The molecule has 308 valence electrons. The van der Waals surface area contributed by atoms with Gasteiger partial charge in [0.1, 0.15) is 0 Å². The summed E-state index contributed by atoms with van der Waals surface area (Å²) in [5.41, 5.74) is -11.1. The third-order valence-electron chi connectivity index (χ3n) is 5.67. The van der Waals surface area contributed by atoms with Crippen LogP contribution in [0.3, 0.4) is 0 Å². The van der Waals surface area contributed by atoms with Crippen molar-refractivity contribution in [1.82, 2.24) is 0 Å². The second kappa shape index (κ2) is 41.7. The van der Waals surface area contributed by atoms with Crippen molar-refractivity contribution in [2.24, 2.45) is 0 Å². The summed E-state index contributed by atoms with van der Waals surface area (Å²) >= 11 is 0. The van der Waals surface area contributed by atoms with Crippen molar-refractivity contribution in [3.05, 3.63) is 103 Å². The van der Waals surface area contributed by atoms with Crippen LogP contribution in [0.5, 0.6) is 0 Å². The van der Waals surface area contributed by atoms with Crippen LogP contribution in [0.1, 0.15) is 51.4 Å². The molecule has 6 fully saturated rings. The minimum Gasteiger partial charge on any atom is -0.381 e. The summed E-state index contributed by atoms with van der Waals surface area (Å²) in [6.45, 7) is 8.00. The standard InChI is InChI=1S/2C8H8.4C4H8O.2CHF3O3S.2Nd/c2*1-2-4-6-8-7-5-3-1;4*1-2-4-5-3-1;2*2-1(3,4)8(5,6)7;;/h2*1-8H;4*1-4H2;2*(H,5,6,7);;. The maximum absolute atomic E-state index is 10.7. The average Bonchev–Trinajstić information content (AvgIpc) is 3.87. The molecule has 0 aromatic rings. The molecule has 4 aliphatic heterocycles. The Morgan fingerprint density at radius 1 is 0.333 bits per heavy atom. The molecule has 2 aliphatic carbocycles. The molecular formula is C34H50F6Nd2O10S2. The van der Waals surface area contributed by atoms with E-state index >= 15 is 0 Å². The van der Waals surface area contributed by atoms with Gasteiger partial charge in [-0.15, -0.1) is 0 Å². The number of halogens is 6. The summed E-state index contributed by atoms with van der Waals surface area (Å²) in [7, 11) is -11.7. The van der Waals surface area contributed by atoms with Gasteiger partial charge in [0.2, 0.25) is 0 Å². The van der Waals surface area contributed by atoms with Crippen molar-refractivity contribution in [2.45, 2.75) is 62.4 Å². The molecule has 6 rings (SSSR count). The maximum atomic E-state index is 10.7. The fraction of sp³-hybridized carbons (Fsp3) is 0.529. The Morgan fingerprint density at radius 3 is 0.463 bits per heavy atom. The molecule has 4 heterocycles. The SMILES string of the molecule is C1CCOC1.C1CCOC1.C1CCOC1.C1CCOC1.O=S(=O)(O)C(F)(F)F.O=S(=O)(O)C(F)(F)F.[CH]1[CH][CH][CH][CH][CH][CH][CH]1.[CH]1[CH][CH][CH][CH][CH][CH][CH]1.[Nd].[Nd]. The molecule has 0 aromatic heterocycles. The Morgan fingerprint density at radius 2 is 0.426 bits per heavy atom. The quantitative estimate of drug-likeness (QED) is 0.145. The van der Waals surface area contributed by atoms with Crippen LogP contribution in [0.4, 0.5) is 26.3 Å². The van der Waals surface area contributed by atoms with E-state index in [0.29, 0.717) is 0 Å². The Kier molecular flexibility index (Phi) is 48.3. The van der Waals surface area contributed by atoms with E-state index in [1.165, 1.54) is 51.4 Å². The molecule has 0 aromatic carbocycles. The van der Waals surface area contributed by atoms with Gasteiger partial charge in [0, 0.05) is 135 Å². The van der Waals surface area contributed by atoms with E-state index in [1.807, 2.05) is 103 Å². The molecule has 4 saturated heterocycles. The normalized spacial score (nSPS) is 20.1. The molecule has 0 spiro atoms. The first-order chi connectivity index (χ1) is 24.5. The predicted octanol–water partition coefficient (Wildman–Crippen LogP) is 7.24. The molecule has 2 saturated carbocycles. The number of hydrogen-bond donors (Lipinski definition) is 2. The van der Waals surface area contributed by atoms with Crippen LogP contribution in [0, 0.1) is 184 Å². The maximum Gasteiger partial charge on any atom is 0.522 e. The summed E-state index contributed by atoms with van der Waals surface area (Å²) in [6.07, 6.45) is 42.2. The minimum atomic E-state index is -5.84. The van der Waals surface area contributed by atoms with Crippen LogP contribution < -0.4 is 0 Å². The van der Waals surface area contributed by atoms with E-state index in [1.54, 1.807) is 0 Å². The minimum absolute atomic E-state index is 0. The second-order valence-electron chi connectivity index (χ2n) is 10.2. The number of rotatable bonds is 0. The first-order valence-corrected chi connectivity index (χ1v) is 19.1. The van der Waals surface area contributed by atoms with Crippen LogP contribution >= 0.6 is 0 Å². The number of alkyl halides is 6. The van der Waals surface area contributed by atoms with Gasteiger partial charge in [-0.1, -0.05) is 0 Å². The summed E-state index contributed by atoms with van der Waals surface area (Å²) in [6, 6.07) is 0. The number of ether oxygens (including phenoxy) is 4. The molecule has 0 amide bonds. The van der Waals surface area contributed by atoms with Gasteiger partial charge in [0.05, 0.1) is 0 Å². The second-order valence-corrected chi connectivity index (χ2v) is 13.0. The largest absolute Gasteiger partial charge is 0.522 e. The molecule has 0 atom stereocenters. The first-order valence-electron chi connectivity index (χ1n) is 16.2. The van der Waals surface area contributed by atoms with Crippen molar-refractivity contribution in [3.63, 3.8) is 0 Å². The van der Waals surface area contributed by atoms with Gasteiger partial charge in [-0.05, 0) is 154 Å². The van der Waals surface area contributed by atoms with Crippen molar-refractivity contribution in [3.8, 4) is 0 Å². The Balaban J connectivity index is -0.000000265. The third-order valence-corrected chi connectivity index (χ3v) is 6.84. The van der Waals surface area contributed by atoms with E-state index in [9.17, 15) is 26.3 Å². The van der Waals surface area contributed by atoms with Gasteiger partial charge in [-0.3, -0.25) is 9.11 Å². The van der Waals surface area contributed by atoms with Crippen LogP contribution in [0.2, 0.25) is 0 Å². The molecule has 6 aliphatic rings. The fourth-order valence-electron chi connectivity index (χ4n) is 3.07. The van der Waals surface area contributed by atoms with Gasteiger partial charge < -0.3 is 18.9 Å². The molecular weight excluding hydrogens is 1030 g/mol. The zero-order valence-electron chi connectivity index (χ0n) is 29.8. The van der Waals surface area contributed by atoms with Gasteiger partial charge >= 0.3 is 31.3 Å². The van der Waals surface area contributed by atoms with Crippen LogP contribution in [0.25, 0.3) is 0 Å². The van der Waals surface area contributed by atoms with Gasteiger partial charge in [0.25, 0.3) is 0 Å². The molecule has 54 heavy (non-hydrogen) atoms. The fourth-order valence-corrected chi connectivity index (χ4v) is 3.07. The summed E-state index contributed by atoms with van der Waals surface area (Å²) < 4.78 is 135. The van der Waals surface area contributed by atoms with Gasteiger partial charge in [0.15, 0.2) is 0 Å². The Labute approximate surface area is 387 Å². The van der Waals surface area contributed by atoms with Crippen molar-refractivity contribution >= 4 is 20.2 Å². The van der Waals surface area contributed by atoms with Crippen molar-refractivity contribution in [2.75, 3.05) is 52.9 Å².